The van der Waals surface area contributed by atoms with E-state index in [-0.39, 0.29) is 24.2 Å². The van der Waals surface area contributed by atoms with Crippen LogP contribution in [-0.2, 0) is 6.54 Å². The number of hydrogen-bond donors (Lipinski definition) is 0. The van der Waals surface area contributed by atoms with Gasteiger partial charge >= 0.3 is 11.6 Å². The van der Waals surface area contributed by atoms with E-state index in [1.54, 1.807) is 6.07 Å². The molecule has 0 spiro atoms. The van der Waals surface area contributed by atoms with E-state index in [1.807, 2.05) is 49.1 Å². The average molecular weight is 463 g/mol. The van der Waals surface area contributed by atoms with Crippen molar-refractivity contribution < 1.29 is 19.1 Å². The SMILES string of the molecule is Cc1ccc(Oc2ncnc(N3CCN(Cc4ccc5c(c4)OCO5)CC3)c2[N+](=O)[O-])cc1C. The van der Waals surface area contributed by atoms with Crippen molar-refractivity contribution in [1.29, 1.82) is 0 Å². The molecule has 34 heavy (non-hydrogen) atoms. The summed E-state index contributed by atoms with van der Waals surface area (Å²) in [7, 11) is 0. The second-order valence-corrected chi connectivity index (χ2v) is 8.41. The van der Waals surface area contributed by atoms with Crippen LogP contribution in [-0.4, -0.2) is 52.8 Å². The van der Waals surface area contributed by atoms with Crippen molar-refractivity contribution in [3.63, 3.8) is 0 Å². The van der Waals surface area contributed by atoms with Gasteiger partial charge in [0.05, 0.1) is 4.92 Å². The number of rotatable bonds is 6. The molecule has 10 nitrogen and oxygen atoms in total. The summed E-state index contributed by atoms with van der Waals surface area (Å²) in [6.45, 7) is 7.66. The number of nitro groups is 1. The highest BCUT2D eigenvalue weighted by Crippen LogP contribution is 2.37. The van der Waals surface area contributed by atoms with E-state index < -0.39 is 4.92 Å². The molecule has 0 radical (unpaired) electrons. The first kappa shape index (κ1) is 21.9. The topological polar surface area (TPSA) is 103 Å². The predicted molar refractivity (Wildman–Crippen MR) is 125 cm³/mol. The van der Waals surface area contributed by atoms with E-state index >= 15 is 0 Å². The lowest BCUT2D eigenvalue weighted by molar-refractivity contribution is -0.385. The summed E-state index contributed by atoms with van der Waals surface area (Å²) < 4.78 is 16.7. The zero-order valence-electron chi connectivity index (χ0n) is 19.1. The fourth-order valence-corrected chi connectivity index (χ4v) is 4.12. The maximum absolute atomic E-state index is 12.0. The molecule has 1 fully saturated rings. The number of hydrogen-bond acceptors (Lipinski definition) is 9. The van der Waals surface area contributed by atoms with Crippen LogP contribution in [0, 0.1) is 24.0 Å². The van der Waals surface area contributed by atoms with Gasteiger partial charge in [-0.2, -0.15) is 4.98 Å². The van der Waals surface area contributed by atoms with Gasteiger partial charge in [-0.25, -0.2) is 4.98 Å². The smallest absolute Gasteiger partial charge is 0.373 e. The first-order chi connectivity index (χ1) is 16.5. The molecular formula is C24H25N5O5. The van der Waals surface area contributed by atoms with E-state index in [2.05, 4.69) is 14.9 Å². The van der Waals surface area contributed by atoms with Gasteiger partial charge in [0.2, 0.25) is 12.6 Å². The van der Waals surface area contributed by atoms with Crippen LogP contribution in [0.3, 0.4) is 0 Å². The second-order valence-electron chi connectivity index (χ2n) is 8.41. The van der Waals surface area contributed by atoms with Gasteiger partial charge in [0, 0.05) is 32.7 Å². The van der Waals surface area contributed by atoms with Crippen molar-refractivity contribution in [2.24, 2.45) is 0 Å². The van der Waals surface area contributed by atoms with Gasteiger partial charge in [-0.15, -0.1) is 0 Å². The Bertz CT molecular complexity index is 1230. The van der Waals surface area contributed by atoms with E-state index in [0.717, 1.165) is 47.8 Å². The van der Waals surface area contributed by atoms with Crippen LogP contribution >= 0.6 is 0 Å². The summed E-state index contributed by atoms with van der Waals surface area (Å²) in [5, 5.41) is 12.0. The van der Waals surface area contributed by atoms with Crippen LogP contribution in [0.2, 0.25) is 0 Å². The number of aryl methyl sites for hydroxylation is 2. The van der Waals surface area contributed by atoms with Crippen LogP contribution in [0.15, 0.2) is 42.7 Å². The van der Waals surface area contributed by atoms with Crippen molar-refractivity contribution in [3.8, 4) is 23.1 Å². The number of aromatic nitrogens is 2. The monoisotopic (exact) mass is 463 g/mol. The molecule has 0 saturated carbocycles. The molecule has 1 saturated heterocycles. The number of ether oxygens (including phenoxy) is 3. The standard InChI is InChI=1S/C24H25N5O5/c1-16-3-5-19(11-17(16)2)34-24-22(29(30)31)23(25-14-26-24)28-9-7-27(8-10-28)13-18-4-6-20-21(12-18)33-15-32-20/h3-6,11-12,14H,7-10,13,15H2,1-2H3. The molecule has 3 heterocycles. The maximum Gasteiger partial charge on any atom is 0.373 e. The zero-order chi connectivity index (χ0) is 23.7. The third-order valence-corrected chi connectivity index (χ3v) is 6.16. The molecule has 1 aromatic heterocycles. The highest BCUT2D eigenvalue weighted by atomic mass is 16.7. The van der Waals surface area contributed by atoms with Gasteiger partial charge < -0.3 is 19.1 Å². The summed E-state index contributed by atoms with van der Waals surface area (Å²) in [6.07, 6.45) is 1.32. The Kier molecular flexibility index (Phi) is 5.89. The molecule has 0 unspecified atom stereocenters. The number of anilines is 1. The Morgan fingerprint density at radius 2 is 1.79 bits per heavy atom. The molecule has 2 aliphatic rings. The largest absolute Gasteiger partial charge is 0.454 e. The molecule has 3 aromatic rings. The van der Waals surface area contributed by atoms with Gasteiger partial charge in [-0.1, -0.05) is 12.1 Å². The molecule has 0 aliphatic carbocycles. The molecule has 0 bridgehead atoms. The maximum atomic E-state index is 12.0. The minimum atomic E-state index is -0.468. The highest BCUT2D eigenvalue weighted by molar-refractivity contribution is 5.63. The summed E-state index contributed by atoms with van der Waals surface area (Å²) >= 11 is 0. The Hall–Kier alpha value is -3.92. The molecule has 10 heteroatoms. The van der Waals surface area contributed by atoms with Crippen molar-refractivity contribution >= 4 is 11.5 Å². The van der Waals surface area contributed by atoms with Crippen LogP contribution in [0.4, 0.5) is 11.5 Å². The Balaban J connectivity index is 1.29. The van der Waals surface area contributed by atoms with E-state index in [0.29, 0.717) is 18.8 Å². The molecule has 2 aromatic carbocycles. The Labute approximate surface area is 196 Å². The molecule has 5 rings (SSSR count). The predicted octanol–water partition coefficient (Wildman–Crippen LogP) is 3.84. The van der Waals surface area contributed by atoms with E-state index in [4.69, 9.17) is 14.2 Å². The van der Waals surface area contributed by atoms with Gasteiger partial charge in [-0.3, -0.25) is 15.0 Å². The molecule has 176 valence electrons. The van der Waals surface area contributed by atoms with Crippen molar-refractivity contribution in [3.05, 3.63) is 69.5 Å². The number of nitrogens with zero attached hydrogens (tertiary/aromatic N) is 5. The summed E-state index contributed by atoms with van der Waals surface area (Å²) in [6, 6.07) is 11.5. The second kappa shape index (κ2) is 9.14. The summed E-state index contributed by atoms with van der Waals surface area (Å²) in [5.41, 5.74) is 3.07. The average Bonchev–Trinajstić information content (AvgIpc) is 3.30. The summed E-state index contributed by atoms with van der Waals surface area (Å²) in [5.74, 6) is 2.26. The third-order valence-electron chi connectivity index (χ3n) is 6.16. The van der Waals surface area contributed by atoms with E-state index in [1.165, 1.54) is 6.33 Å². The van der Waals surface area contributed by atoms with E-state index in [9.17, 15) is 10.1 Å². The fourth-order valence-electron chi connectivity index (χ4n) is 4.12. The van der Waals surface area contributed by atoms with Crippen LogP contribution < -0.4 is 19.1 Å². The van der Waals surface area contributed by atoms with Crippen molar-refractivity contribution in [1.82, 2.24) is 14.9 Å². The summed E-state index contributed by atoms with van der Waals surface area (Å²) in [4.78, 5) is 24.1. The minimum absolute atomic E-state index is 0.0546. The number of piperazine rings is 1. The molecule has 0 amide bonds. The lowest BCUT2D eigenvalue weighted by atomic mass is 10.1. The van der Waals surface area contributed by atoms with Crippen LogP contribution in [0.5, 0.6) is 23.1 Å². The molecular weight excluding hydrogens is 438 g/mol. The molecule has 2 aliphatic heterocycles. The normalized spacial score (nSPS) is 15.4. The van der Waals surface area contributed by atoms with Gasteiger partial charge in [-0.05, 0) is 54.8 Å². The van der Waals surface area contributed by atoms with Crippen molar-refractivity contribution in [2.45, 2.75) is 20.4 Å². The molecule has 0 N–H and O–H groups in total. The lowest BCUT2D eigenvalue weighted by Gasteiger charge is -2.35. The van der Waals surface area contributed by atoms with Gasteiger partial charge in [0.1, 0.15) is 12.1 Å². The van der Waals surface area contributed by atoms with Crippen molar-refractivity contribution in [2.75, 3.05) is 37.9 Å². The number of fused-ring (bicyclic) bond motifs is 1. The lowest BCUT2D eigenvalue weighted by Crippen LogP contribution is -2.46. The van der Waals surface area contributed by atoms with Crippen LogP contribution in [0.1, 0.15) is 16.7 Å². The quantitative estimate of drug-likeness (QED) is 0.398. The first-order valence-electron chi connectivity index (χ1n) is 11.1. The zero-order valence-corrected chi connectivity index (χ0v) is 19.1. The highest BCUT2D eigenvalue weighted by Gasteiger charge is 2.31. The minimum Gasteiger partial charge on any atom is -0.454 e. The fraction of sp³-hybridized carbons (Fsp3) is 0.333. The van der Waals surface area contributed by atoms with Crippen LogP contribution in [0.25, 0.3) is 0 Å². The Morgan fingerprint density at radius 1 is 1.00 bits per heavy atom. The molecule has 0 atom stereocenters. The van der Waals surface area contributed by atoms with Gasteiger partial charge in [0.15, 0.2) is 11.5 Å². The van der Waals surface area contributed by atoms with Gasteiger partial charge in [0.25, 0.3) is 0 Å². The Morgan fingerprint density at radius 3 is 2.56 bits per heavy atom. The number of benzene rings is 2. The first-order valence-corrected chi connectivity index (χ1v) is 11.1. The third kappa shape index (κ3) is 4.44.